The Labute approximate surface area is 112 Å². The maximum Gasteiger partial charge on any atom is 0.0739 e. The molecular formula is C15H14N2S. The van der Waals surface area contributed by atoms with Crippen LogP contribution >= 0.6 is 12.2 Å². The first-order chi connectivity index (χ1) is 8.78. The highest BCUT2D eigenvalue weighted by Gasteiger charge is 1.97. The number of hydrogen-bond acceptors (Lipinski definition) is 3. The van der Waals surface area contributed by atoms with Gasteiger partial charge in [-0.05, 0) is 67.4 Å². The second kappa shape index (κ2) is 6.20. The van der Waals surface area contributed by atoms with E-state index in [0.717, 1.165) is 24.2 Å². The fourth-order valence-corrected chi connectivity index (χ4v) is 1.94. The lowest BCUT2D eigenvalue weighted by Crippen LogP contribution is -1.92. The molecule has 0 atom stereocenters. The minimum Gasteiger partial charge on any atom is -0.262 e. The van der Waals surface area contributed by atoms with E-state index in [0.29, 0.717) is 0 Å². The van der Waals surface area contributed by atoms with Crippen LogP contribution in [0.1, 0.15) is 16.8 Å². The van der Waals surface area contributed by atoms with Crippen molar-refractivity contribution < 1.29 is 0 Å². The van der Waals surface area contributed by atoms with Crippen LogP contribution in [-0.4, -0.2) is 10.1 Å². The molecule has 18 heavy (non-hydrogen) atoms. The van der Waals surface area contributed by atoms with Crippen LogP contribution in [0, 0.1) is 6.92 Å². The van der Waals surface area contributed by atoms with Crippen molar-refractivity contribution in [3.63, 3.8) is 0 Å². The molecule has 90 valence electrons. The molecule has 2 aromatic rings. The third-order valence-electron chi connectivity index (χ3n) is 2.77. The molecule has 0 N–H and O–H groups in total. The number of rotatable bonds is 4. The summed E-state index contributed by atoms with van der Waals surface area (Å²) in [7, 11) is 0. The third-order valence-corrected chi connectivity index (χ3v) is 2.87. The molecular weight excluding hydrogens is 240 g/mol. The zero-order chi connectivity index (χ0) is 12.8. The molecule has 1 aromatic carbocycles. The van der Waals surface area contributed by atoms with Gasteiger partial charge in [-0.2, -0.15) is 4.99 Å². The molecule has 0 aliphatic heterocycles. The van der Waals surface area contributed by atoms with Gasteiger partial charge in [-0.1, -0.05) is 12.1 Å². The predicted octanol–water partition coefficient (Wildman–Crippen LogP) is 3.91. The van der Waals surface area contributed by atoms with Gasteiger partial charge < -0.3 is 0 Å². The van der Waals surface area contributed by atoms with Crippen molar-refractivity contribution in [2.75, 3.05) is 0 Å². The number of isothiocyanates is 1. The number of aryl methyl sites for hydroxylation is 3. The topological polar surface area (TPSA) is 25.2 Å². The van der Waals surface area contributed by atoms with Gasteiger partial charge in [0.2, 0.25) is 0 Å². The summed E-state index contributed by atoms with van der Waals surface area (Å²) in [6.07, 6.45) is 3.91. The lowest BCUT2D eigenvalue weighted by molar-refractivity contribution is 0.950. The van der Waals surface area contributed by atoms with E-state index in [1.54, 1.807) is 0 Å². The zero-order valence-corrected chi connectivity index (χ0v) is 11.1. The van der Waals surface area contributed by atoms with Crippen LogP contribution in [0.3, 0.4) is 0 Å². The molecule has 0 bridgehead atoms. The summed E-state index contributed by atoms with van der Waals surface area (Å²) in [5.74, 6) is 0. The second-order valence-electron chi connectivity index (χ2n) is 4.18. The molecule has 0 radical (unpaired) electrons. The van der Waals surface area contributed by atoms with Crippen LogP contribution in [0.2, 0.25) is 0 Å². The molecule has 0 amide bonds. The predicted molar refractivity (Wildman–Crippen MR) is 77.5 cm³/mol. The lowest BCUT2D eigenvalue weighted by atomic mass is 10.0. The van der Waals surface area contributed by atoms with Crippen LogP contribution in [0.15, 0.2) is 47.6 Å². The Morgan fingerprint density at radius 1 is 1.11 bits per heavy atom. The summed E-state index contributed by atoms with van der Waals surface area (Å²) in [4.78, 5) is 8.13. The van der Waals surface area contributed by atoms with Crippen LogP contribution in [-0.2, 0) is 12.8 Å². The number of nitrogens with zero attached hydrogens (tertiary/aromatic N) is 2. The number of pyridine rings is 1. The molecule has 2 rings (SSSR count). The summed E-state index contributed by atoms with van der Waals surface area (Å²) >= 11 is 4.57. The Balaban J connectivity index is 2.00. The number of thiocarbonyl (C=S) groups is 1. The van der Waals surface area contributed by atoms with E-state index in [-0.39, 0.29) is 0 Å². The molecule has 0 saturated heterocycles. The summed E-state index contributed by atoms with van der Waals surface area (Å²) in [6, 6.07) is 12.3. The highest BCUT2D eigenvalue weighted by molar-refractivity contribution is 7.78. The van der Waals surface area contributed by atoms with Gasteiger partial charge in [0.15, 0.2) is 0 Å². The molecule has 0 unspecified atom stereocenters. The molecule has 1 heterocycles. The van der Waals surface area contributed by atoms with E-state index in [1.165, 1.54) is 11.1 Å². The normalized spacial score (nSPS) is 9.83. The van der Waals surface area contributed by atoms with Gasteiger partial charge in [-0.25, -0.2) is 0 Å². The van der Waals surface area contributed by atoms with E-state index in [9.17, 15) is 0 Å². The Morgan fingerprint density at radius 2 is 1.83 bits per heavy atom. The molecule has 0 aliphatic carbocycles. The highest BCUT2D eigenvalue weighted by atomic mass is 32.1. The van der Waals surface area contributed by atoms with E-state index in [2.05, 4.69) is 51.6 Å². The number of benzene rings is 1. The van der Waals surface area contributed by atoms with Crippen LogP contribution in [0.25, 0.3) is 0 Å². The average molecular weight is 254 g/mol. The first-order valence-electron chi connectivity index (χ1n) is 5.86. The van der Waals surface area contributed by atoms with Crippen molar-refractivity contribution in [2.45, 2.75) is 19.8 Å². The fourth-order valence-electron chi connectivity index (χ4n) is 1.84. The molecule has 2 nitrogen and oxygen atoms in total. The van der Waals surface area contributed by atoms with Crippen molar-refractivity contribution in [3.05, 3.63) is 59.4 Å². The van der Waals surface area contributed by atoms with Crippen molar-refractivity contribution in [1.29, 1.82) is 0 Å². The summed E-state index contributed by atoms with van der Waals surface area (Å²) < 4.78 is 0. The van der Waals surface area contributed by atoms with Crippen molar-refractivity contribution >= 4 is 23.1 Å². The Morgan fingerprint density at radius 3 is 2.50 bits per heavy atom. The first-order valence-corrected chi connectivity index (χ1v) is 6.27. The molecule has 1 aromatic heterocycles. The number of aliphatic imine (C=N–C) groups is 1. The molecule has 0 saturated carbocycles. The summed E-state index contributed by atoms with van der Waals surface area (Å²) in [6.45, 7) is 2.02. The standard InChI is InChI=1S/C15H14N2S/c1-12-10-14(8-9-16-12)3-2-13-4-6-15(7-5-13)17-11-18/h4-10H,2-3H2,1H3. The largest absolute Gasteiger partial charge is 0.262 e. The monoisotopic (exact) mass is 254 g/mol. The quantitative estimate of drug-likeness (QED) is 0.610. The van der Waals surface area contributed by atoms with Gasteiger partial charge in [0.05, 0.1) is 10.8 Å². The summed E-state index contributed by atoms with van der Waals surface area (Å²) in [5.41, 5.74) is 4.54. The summed E-state index contributed by atoms with van der Waals surface area (Å²) in [5, 5.41) is 2.37. The van der Waals surface area contributed by atoms with Gasteiger partial charge in [0, 0.05) is 11.9 Å². The second-order valence-corrected chi connectivity index (χ2v) is 4.36. The Hall–Kier alpha value is -1.83. The van der Waals surface area contributed by atoms with Crippen LogP contribution < -0.4 is 0 Å². The number of aromatic nitrogens is 1. The third kappa shape index (κ3) is 3.59. The van der Waals surface area contributed by atoms with E-state index >= 15 is 0 Å². The van der Waals surface area contributed by atoms with Gasteiger partial charge in [-0.15, -0.1) is 0 Å². The van der Waals surface area contributed by atoms with Crippen LogP contribution in [0.5, 0.6) is 0 Å². The minimum absolute atomic E-state index is 0.855. The Kier molecular flexibility index (Phi) is 4.35. The van der Waals surface area contributed by atoms with E-state index in [1.807, 2.05) is 25.3 Å². The minimum atomic E-state index is 0.855. The smallest absolute Gasteiger partial charge is 0.0739 e. The average Bonchev–Trinajstić information content (AvgIpc) is 2.38. The van der Waals surface area contributed by atoms with Crippen molar-refractivity contribution in [2.24, 2.45) is 4.99 Å². The zero-order valence-electron chi connectivity index (χ0n) is 10.3. The molecule has 0 spiro atoms. The van der Waals surface area contributed by atoms with Crippen molar-refractivity contribution in [3.8, 4) is 0 Å². The highest BCUT2D eigenvalue weighted by Crippen LogP contribution is 2.14. The first kappa shape index (κ1) is 12.6. The Bertz CT molecular complexity index is 569. The molecule has 0 aliphatic rings. The SMILES string of the molecule is Cc1cc(CCc2ccc(N=C=S)cc2)ccn1. The van der Waals surface area contributed by atoms with Gasteiger partial charge >= 0.3 is 0 Å². The van der Waals surface area contributed by atoms with Crippen LogP contribution in [0.4, 0.5) is 5.69 Å². The number of hydrogen-bond donors (Lipinski definition) is 0. The maximum absolute atomic E-state index is 4.57. The van der Waals surface area contributed by atoms with E-state index < -0.39 is 0 Å². The van der Waals surface area contributed by atoms with Gasteiger partial charge in [0.25, 0.3) is 0 Å². The van der Waals surface area contributed by atoms with E-state index in [4.69, 9.17) is 0 Å². The molecule has 3 heteroatoms. The lowest BCUT2D eigenvalue weighted by Gasteiger charge is -2.03. The van der Waals surface area contributed by atoms with Gasteiger partial charge in [-0.3, -0.25) is 4.98 Å². The van der Waals surface area contributed by atoms with Crippen molar-refractivity contribution in [1.82, 2.24) is 4.98 Å². The van der Waals surface area contributed by atoms with Gasteiger partial charge in [0.1, 0.15) is 0 Å². The molecule has 0 fully saturated rings. The maximum atomic E-state index is 4.57. The fraction of sp³-hybridized carbons (Fsp3) is 0.200.